The van der Waals surface area contributed by atoms with Crippen molar-refractivity contribution in [3.8, 4) is 0 Å². The molecule has 1 aromatic carbocycles. The maximum Gasteiger partial charge on any atom is 0.0786 e. The molecule has 0 aliphatic carbocycles. The Morgan fingerprint density at radius 3 is 2.94 bits per heavy atom. The fourth-order valence-electron chi connectivity index (χ4n) is 2.11. The third-order valence-electron chi connectivity index (χ3n) is 3.04. The summed E-state index contributed by atoms with van der Waals surface area (Å²) in [5, 5.41) is 4.34. The third kappa shape index (κ3) is 3.23. The summed E-state index contributed by atoms with van der Waals surface area (Å²) in [5.74, 6) is 3.39. The van der Waals surface area contributed by atoms with Crippen molar-refractivity contribution in [3.05, 3.63) is 23.2 Å². The van der Waals surface area contributed by atoms with E-state index >= 15 is 0 Å². The summed E-state index contributed by atoms with van der Waals surface area (Å²) in [4.78, 5) is 2.06. The molecule has 0 bridgehead atoms. The maximum atomic E-state index is 6.23. The molecule has 1 fully saturated rings. The van der Waals surface area contributed by atoms with Crippen molar-refractivity contribution >= 4 is 34.7 Å². The molecular weight excluding hydrogens is 252 g/mol. The number of halogens is 1. The monoisotopic (exact) mass is 270 g/mol. The Morgan fingerprint density at radius 2 is 2.29 bits per heavy atom. The predicted molar refractivity (Wildman–Crippen MR) is 79.7 cm³/mol. The summed E-state index contributed by atoms with van der Waals surface area (Å²) in [5.41, 5.74) is 2.22. The van der Waals surface area contributed by atoms with Gasteiger partial charge in [-0.15, -0.1) is 0 Å². The van der Waals surface area contributed by atoms with Gasteiger partial charge in [-0.1, -0.05) is 17.7 Å². The van der Waals surface area contributed by atoms with Crippen LogP contribution in [0.2, 0.25) is 5.02 Å². The minimum atomic E-state index is 0.800. The molecule has 0 spiro atoms. The quantitative estimate of drug-likeness (QED) is 0.901. The van der Waals surface area contributed by atoms with Crippen molar-refractivity contribution in [2.45, 2.75) is 6.42 Å². The highest BCUT2D eigenvalue weighted by Crippen LogP contribution is 2.33. The molecule has 0 radical (unpaired) electrons. The Morgan fingerprint density at radius 1 is 1.47 bits per heavy atom. The van der Waals surface area contributed by atoms with Crippen LogP contribution < -0.4 is 10.2 Å². The van der Waals surface area contributed by atoms with E-state index in [-0.39, 0.29) is 0 Å². The van der Waals surface area contributed by atoms with E-state index in [1.54, 1.807) is 0 Å². The van der Waals surface area contributed by atoms with Crippen LogP contribution in [0.15, 0.2) is 18.2 Å². The van der Waals surface area contributed by atoms with E-state index in [0.717, 1.165) is 28.9 Å². The number of rotatable bonds is 4. The van der Waals surface area contributed by atoms with Gasteiger partial charge < -0.3 is 10.2 Å². The second kappa shape index (κ2) is 5.87. The Kier molecular flexibility index (Phi) is 4.46. The van der Waals surface area contributed by atoms with Crippen LogP contribution in [-0.2, 0) is 0 Å². The number of hydrogen-bond acceptors (Lipinski definition) is 3. The summed E-state index contributed by atoms with van der Waals surface area (Å²) in [6, 6.07) is 6.04. The fraction of sp³-hybridized carbons (Fsp3) is 0.538. The number of nitrogens with zero attached hydrogens (tertiary/aromatic N) is 1. The summed E-state index contributed by atoms with van der Waals surface area (Å²) in [6.45, 7) is 1.05. The van der Waals surface area contributed by atoms with Crippen LogP contribution in [0.1, 0.15) is 6.42 Å². The van der Waals surface area contributed by atoms with Gasteiger partial charge in [0, 0.05) is 20.6 Å². The predicted octanol–water partition coefficient (Wildman–Crippen LogP) is 3.57. The van der Waals surface area contributed by atoms with E-state index in [2.05, 4.69) is 28.0 Å². The van der Waals surface area contributed by atoms with Crippen LogP contribution >= 0.6 is 23.4 Å². The Bertz CT molecular complexity index is 376. The fourth-order valence-corrected chi connectivity index (χ4v) is 3.74. The molecule has 1 aliphatic heterocycles. The van der Waals surface area contributed by atoms with Crippen molar-refractivity contribution in [2.24, 2.45) is 5.92 Å². The van der Waals surface area contributed by atoms with Gasteiger partial charge in [0.25, 0.3) is 0 Å². The van der Waals surface area contributed by atoms with Crippen LogP contribution in [0.25, 0.3) is 0 Å². The van der Waals surface area contributed by atoms with Gasteiger partial charge in [0.15, 0.2) is 0 Å². The maximum absolute atomic E-state index is 6.23. The normalized spacial score (nSPS) is 19.4. The van der Waals surface area contributed by atoms with Gasteiger partial charge in [-0.2, -0.15) is 11.8 Å². The standard InChI is InChI=1S/C13H19ClN2S/c1-16(2)13-11(14)4-3-5-12(13)15-8-10-6-7-17-9-10/h3-5,10,15H,6-9H2,1-2H3. The molecule has 1 N–H and O–H groups in total. The number of para-hydroxylation sites is 1. The zero-order chi connectivity index (χ0) is 12.3. The molecule has 0 saturated carbocycles. The highest BCUT2D eigenvalue weighted by Gasteiger charge is 2.16. The first kappa shape index (κ1) is 12.9. The minimum Gasteiger partial charge on any atom is -0.383 e. The van der Waals surface area contributed by atoms with Gasteiger partial charge in [-0.3, -0.25) is 0 Å². The number of benzene rings is 1. The van der Waals surface area contributed by atoms with Crippen molar-refractivity contribution in [1.29, 1.82) is 0 Å². The van der Waals surface area contributed by atoms with Crippen molar-refractivity contribution < 1.29 is 0 Å². The molecule has 4 heteroatoms. The first-order valence-corrected chi connectivity index (χ1v) is 7.49. The summed E-state index contributed by atoms with van der Waals surface area (Å²) in [6.07, 6.45) is 1.33. The number of anilines is 2. The lowest BCUT2D eigenvalue weighted by molar-refractivity contribution is 0.632. The Balaban J connectivity index is 2.06. The minimum absolute atomic E-state index is 0.800. The van der Waals surface area contributed by atoms with Crippen LogP contribution in [0, 0.1) is 5.92 Å². The second-order valence-electron chi connectivity index (χ2n) is 4.64. The second-order valence-corrected chi connectivity index (χ2v) is 6.20. The molecule has 1 heterocycles. The summed E-state index contributed by atoms with van der Waals surface area (Å²) >= 11 is 8.29. The SMILES string of the molecule is CN(C)c1c(Cl)cccc1NCC1CCSC1. The molecule has 1 atom stereocenters. The Hall–Kier alpha value is -0.540. The zero-order valence-corrected chi connectivity index (χ0v) is 11.9. The molecule has 1 aliphatic rings. The van der Waals surface area contributed by atoms with Gasteiger partial charge in [0.1, 0.15) is 0 Å². The molecule has 17 heavy (non-hydrogen) atoms. The van der Waals surface area contributed by atoms with Crippen molar-refractivity contribution in [3.63, 3.8) is 0 Å². The van der Waals surface area contributed by atoms with E-state index in [4.69, 9.17) is 11.6 Å². The topological polar surface area (TPSA) is 15.3 Å². The zero-order valence-electron chi connectivity index (χ0n) is 10.4. The highest BCUT2D eigenvalue weighted by atomic mass is 35.5. The van der Waals surface area contributed by atoms with Gasteiger partial charge in [0.05, 0.1) is 16.4 Å². The van der Waals surface area contributed by atoms with Crippen LogP contribution in [-0.4, -0.2) is 32.1 Å². The van der Waals surface area contributed by atoms with Crippen LogP contribution in [0.5, 0.6) is 0 Å². The number of nitrogens with one attached hydrogen (secondary N) is 1. The molecule has 1 aromatic rings. The average Bonchev–Trinajstić information content (AvgIpc) is 2.78. The lowest BCUT2D eigenvalue weighted by Crippen LogP contribution is -2.17. The van der Waals surface area contributed by atoms with Gasteiger partial charge in [-0.25, -0.2) is 0 Å². The largest absolute Gasteiger partial charge is 0.383 e. The molecule has 0 aromatic heterocycles. The third-order valence-corrected chi connectivity index (χ3v) is 4.58. The van der Waals surface area contributed by atoms with Crippen LogP contribution in [0.3, 0.4) is 0 Å². The molecule has 1 unspecified atom stereocenters. The number of thioether (sulfide) groups is 1. The molecular formula is C13H19ClN2S. The van der Waals surface area contributed by atoms with E-state index in [1.165, 1.54) is 17.9 Å². The number of hydrogen-bond donors (Lipinski definition) is 1. The van der Waals surface area contributed by atoms with E-state index in [0.29, 0.717) is 0 Å². The highest BCUT2D eigenvalue weighted by molar-refractivity contribution is 7.99. The first-order valence-electron chi connectivity index (χ1n) is 5.96. The van der Waals surface area contributed by atoms with E-state index < -0.39 is 0 Å². The smallest absolute Gasteiger partial charge is 0.0786 e. The molecule has 0 amide bonds. The average molecular weight is 271 g/mol. The van der Waals surface area contributed by atoms with Crippen LogP contribution in [0.4, 0.5) is 11.4 Å². The van der Waals surface area contributed by atoms with E-state index in [9.17, 15) is 0 Å². The first-order chi connectivity index (χ1) is 8.18. The summed E-state index contributed by atoms with van der Waals surface area (Å²) < 4.78 is 0. The molecule has 2 rings (SSSR count). The lowest BCUT2D eigenvalue weighted by Gasteiger charge is -2.21. The Labute approximate surface area is 113 Å². The molecule has 1 saturated heterocycles. The van der Waals surface area contributed by atoms with Crippen molar-refractivity contribution in [1.82, 2.24) is 0 Å². The lowest BCUT2D eigenvalue weighted by atomic mass is 10.1. The molecule has 2 nitrogen and oxygen atoms in total. The van der Waals surface area contributed by atoms with Gasteiger partial charge in [-0.05, 0) is 36.0 Å². The summed E-state index contributed by atoms with van der Waals surface area (Å²) in [7, 11) is 4.05. The van der Waals surface area contributed by atoms with E-state index in [1.807, 2.05) is 26.2 Å². The van der Waals surface area contributed by atoms with Crippen molar-refractivity contribution in [2.75, 3.05) is 42.4 Å². The van der Waals surface area contributed by atoms with Gasteiger partial charge in [0.2, 0.25) is 0 Å². The molecule has 94 valence electrons. The van der Waals surface area contributed by atoms with Gasteiger partial charge >= 0.3 is 0 Å².